The fourth-order valence-corrected chi connectivity index (χ4v) is 0.346. The molecular weight excluding hydrogens is 146 g/mol. The molecule has 60 valence electrons. The summed E-state index contributed by atoms with van der Waals surface area (Å²) in [5, 5.41) is 0.775. The number of carbonyl (C=O) groups is 2. The first-order chi connectivity index (χ1) is 5.11. The van der Waals surface area contributed by atoms with Crippen molar-refractivity contribution in [2.75, 3.05) is 7.05 Å². The summed E-state index contributed by atoms with van der Waals surface area (Å²) in [4.78, 5) is 25.5. The number of rotatable bonds is 2. The van der Waals surface area contributed by atoms with Crippen molar-refractivity contribution < 1.29 is 14.4 Å². The van der Waals surface area contributed by atoms with E-state index in [2.05, 4.69) is 18.0 Å². The Balaban J connectivity index is 3.95. The Bertz CT molecular complexity index is 198. The van der Waals surface area contributed by atoms with Crippen LogP contribution in [-0.4, -0.2) is 24.0 Å². The first-order valence-electron chi connectivity index (χ1n) is 2.86. The predicted octanol–water partition coefficient (Wildman–Crippen LogP) is 0.275. The minimum Gasteiger partial charge on any atom is -0.333 e. The molecule has 0 saturated heterocycles. The summed E-state index contributed by atoms with van der Waals surface area (Å²) in [6.45, 7) is 6.37. The van der Waals surface area contributed by atoms with Crippen molar-refractivity contribution in [2.45, 2.75) is 0 Å². The lowest BCUT2D eigenvalue weighted by molar-refractivity contribution is -0.184. The molecule has 0 N–H and O–H groups in total. The molecule has 0 aliphatic rings. The van der Waals surface area contributed by atoms with Crippen LogP contribution in [0.2, 0.25) is 0 Å². The Kier molecular flexibility index (Phi) is 3.66. The maximum absolute atomic E-state index is 10.7. The number of likely N-dealkylation sites (N-methyl/N-ethyl adjacent to an activating group) is 1. The lowest BCUT2D eigenvalue weighted by atomic mass is 10.6. The molecule has 0 spiro atoms. The molecule has 0 heterocycles. The number of hydrogen-bond acceptors (Lipinski definition) is 3. The molecule has 0 aliphatic heterocycles. The first-order valence-corrected chi connectivity index (χ1v) is 2.86. The molecule has 4 nitrogen and oxygen atoms in total. The van der Waals surface area contributed by atoms with E-state index >= 15 is 0 Å². The molecule has 0 aromatic heterocycles. The van der Waals surface area contributed by atoms with E-state index in [4.69, 9.17) is 0 Å². The SMILES string of the molecule is C=CC(=O)ON(C)C(=O)C=C. The van der Waals surface area contributed by atoms with E-state index in [0.717, 1.165) is 17.2 Å². The van der Waals surface area contributed by atoms with Gasteiger partial charge in [0.1, 0.15) is 0 Å². The van der Waals surface area contributed by atoms with Crippen molar-refractivity contribution >= 4 is 11.9 Å². The van der Waals surface area contributed by atoms with Crippen molar-refractivity contribution in [1.29, 1.82) is 0 Å². The monoisotopic (exact) mass is 155 g/mol. The highest BCUT2D eigenvalue weighted by Crippen LogP contribution is 1.88. The highest BCUT2D eigenvalue weighted by molar-refractivity contribution is 5.88. The van der Waals surface area contributed by atoms with Gasteiger partial charge in [0.2, 0.25) is 0 Å². The lowest BCUT2D eigenvalue weighted by Gasteiger charge is -2.11. The van der Waals surface area contributed by atoms with Gasteiger partial charge in [-0.25, -0.2) is 4.79 Å². The third kappa shape index (κ3) is 3.20. The molecule has 0 aromatic carbocycles. The number of hydrogen-bond donors (Lipinski definition) is 0. The molecule has 0 rings (SSSR count). The van der Waals surface area contributed by atoms with Crippen molar-refractivity contribution in [3.05, 3.63) is 25.3 Å². The largest absolute Gasteiger partial charge is 0.355 e. The minimum absolute atomic E-state index is 0.486. The lowest BCUT2D eigenvalue weighted by Crippen LogP contribution is -2.27. The van der Waals surface area contributed by atoms with Crippen molar-refractivity contribution in [2.24, 2.45) is 0 Å². The Morgan fingerprint density at radius 2 is 1.91 bits per heavy atom. The fourth-order valence-electron chi connectivity index (χ4n) is 0.346. The predicted molar refractivity (Wildman–Crippen MR) is 39.3 cm³/mol. The maximum Gasteiger partial charge on any atom is 0.355 e. The molecule has 0 fully saturated rings. The molecule has 0 aromatic rings. The Hall–Kier alpha value is -1.58. The van der Waals surface area contributed by atoms with Crippen LogP contribution in [0.3, 0.4) is 0 Å². The third-order valence-corrected chi connectivity index (χ3v) is 0.879. The van der Waals surface area contributed by atoms with Crippen LogP contribution in [0.5, 0.6) is 0 Å². The smallest absolute Gasteiger partial charge is 0.333 e. The third-order valence-electron chi connectivity index (χ3n) is 0.879. The molecule has 0 saturated carbocycles. The van der Waals surface area contributed by atoms with Gasteiger partial charge in [0, 0.05) is 13.1 Å². The van der Waals surface area contributed by atoms with E-state index in [-0.39, 0.29) is 0 Å². The van der Waals surface area contributed by atoms with Crippen molar-refractivity contribution in [1.82, 2.24) is 5.06 Å². The van der Waals surface area contributed by atoms with Gasteiger partial charge in [0.15, 0.2) is 0 Å². The summed E-state index contributed by atoms with van der Waals surface area (Å²) in [5.41, 5.74) is 0. The van der Waals surface area contributed by atoms with E-state index in [1.807, 2.05) is 0 Å². The molecule has 0 radical (unpaired) electrons. The highest BCUT2D eigenvalue weighted by atomic mass is 16.7. The summed E-state index contributed by atoms with van der Waals surface area (Å²) in [5.74, 6) is -1.16. The van der Waals surface area contributed by atoms with Crippen molar-refractivity contribution in [3.63, 3.8) is 0 Å². The van der Waals surface area contributed by atoms with Crippen LogP contribution in [0.15, 0.2) is 25.3 Å². The number of carbonyl (C=O) groups excluding carboxylic acids is 2. The van der Waals surface area contributed by atoms with Gasteiger partial charge in [-0.1, -0.05) is 13.2 Å². The average molecular weight is 155 g/mol. The van der Waals surface area contributed by atoms with Gasteiger partial charge in [0.25, 0.3) is 5.91 Å². The Labute approximate surface area is 64.7 Å². The highest BCUT2D eigenvalue weighted by Gasteiger charge is 2.07. The minimum atomic E-state index is -0.678. The van der Waals surface area contributed by atoms with Gasteiger partial charge in [0.05, 0.1) is 0 Å². The number of hydroxylamine groups is 2. The van der Waals surface area contributed by atoms with E-state index < -0.39 is 11.9 Å². The van der Waals surface area contributed by atoms with Crippen LogP contribution < -0.4 is 0 Å². The standard InChI is InChI=1S/C7H9NO3/c1-4-6(9)8(3)11-7(10)5-2/h4-5H,1-2H2,3H3. The van der Waals surface area contributed by atoms with Crippen molar-refractivity contribution in [3.8, 4) is 0 Å². The molecule has 0 atom stereocenters. The van der Waals surface area contributed by atoms with E-state index in [1.165, 1.54) is 7.05 Å². The molecule has 0 bridgehead atoms. The number of amides is 1. The van der Waals surface area contributed by atoms with Gasteiger partial charge in [-0.05, 0) is 6.08 Å². The zero-order chi connectivity index (χ0) is 8.85. The maximum atomic E-state index is 10.7. The Morgan fingerprint density at radius 1 is 1.36 bits per heavy atom. The summed E-state index contributed by atoms with van der Waals surface area (Å²) >= 11 is 0. The van der Waals surface area contributed by atoms with Crippen LogP contribution in [-0.2, 0) is 14.4 Å². The van der Waals surface area contributed by atoms with E-state index in [9.17, 15) is 9.59 Å². The van der Waals surface area contributed by atoms with E-state index in [0.29, 0.717) is 0 Å². The molecule has 4 heteroatoms. The van der Waals surface area contributed by atoms with Crippen LogP contribution in [0.1, 0.15) is 0 Å². The first kappa shape index (κ1) is 9.42. The van der Waals surface area contributed by atoms with E-state index in [1.54, 1.807) is 0 Å². The summed E-state index contributed by atoms with van der Waals surface area (Å²) in [7, 11) is 1.31. The molecular formula is C7H9NO3. The molecule has 0 unspecified atom stereocenters. The quantitative estimate of drug-likeness (QED) is 0.425. The number of nitrogens with zero attached hydrogens (tertiary/aromatic N) is 1. The van der Waals surface area contributed by atoms with Gasteiger partial charge in [-0.3, -0.25) is 4.79 Å². The topological polar surface area (TPSA) is 46.6 Å². The zero-order valence-electron chi connectivity index (χ0n) is 6.24. The van der Waals surface area contributed by atoms with Crippen LogP contribution in [0, 0.1) is 0 Å². The van der Waals surface area contributed by atoms with Gasteiger partial charge in [-0.2, -0.15) is 5.06 Å². The molecule has 1 amide bonds. The molecule has 11 heavy (non-hydrogen) atoms. The van der Waals surface area contributed by atoms with Crippen LogP contribution in [0.25, 0.3) is 0 Å². The molecule has 0 aliphatic carbocycles. The second-order valence-corrected chi connectivity index (χ2v) is 1.65. The second kappa shape index (κ2) is 4.27. The van der Waals surface area contributed by atoms with Crippen LogP contribution >= 0.6 is 0 Å². The normalized spacial score (nSPS) is 8.09. The van der Waals surface area contributed by atoms with Gasteiger partial charge >= 0.3 is 5.97 Å². The van der Waals surface area contributed by atoms with Gasteiger partial charge < -0.3 is 4.84 Å². The fraction of sp³-hybridized carbons (Fsp3) is 0.143. The summed E-state index contributed by atoms with van der Waals surface area (Å²) in [6, 6.07) is 0. The second-order valence-electron chi connectivity index (χ2n) is 1.65. The summed E-state index contributed by atoms with van der Waals surface area (Å²) < 4.78 is 0. The van der Waals surface area contributed by atoms with Crippen LogP contribution in [0.4, 0.5) is 0 Å². The van der Waals surface area contributed by atoms with Gasteiger partial charge in [-0.15, -0.1) is 0 Å². The Morgan fingerprint density at radius 3 is 2.27 bits per heavy atom. The summed E-state index contributed by atoms with van der Waals surface area (Å²) in [6.07, 6.45) is 2.00. The average Bonchev–Trinajstić information content (AvgIpc) is 2.02. The zero-order valence-corrected chi connectivity index (χ0v) is 6.24.